The molecule has 2 aromatic heterocycles. The number of ether oxygens (including phenoxy) is 1. The number of methoxy groups -OCH3 is 1. The van der Waals surface area contributed by atoms with Crippen molar-refractivity contribution in [1.82, 2.24) is 4.31 Å². The van der Waals surface area contributed by atoms with Crippen LogP contribution in [0.15, 0.2) is 57.2 Å². The minimum Gasteiger partial charge on any atom is -0.495 e. The van der Waals surface area contributed by atoms with Crippen LogP contribution in [0.2, 0.25) is 0 Å². The standard InChI is InChI=1S/C23H22N2O5S2/c1-29-20-13-16-15-7-3-4-8-18(15)30-19(16)14-17(20)24-23(26)22-21(9-12-31-22)32(27,28)25-10-5-2-6-11-25/h3-4,7-9,12-14H,2,5-6,10-11H2,1H3,(H,24,26). The molecule has 9 heteroatoms. The molecule has 0 spiro atoms. The molecule has 166 valence electrons. The van der Waals surface area contributed by atoms with Crippen molar-refractivity contribution in [1.29, 1.82) is 0 Å². The highest BCUT2D eigenvalue weighted by Crippen LogP contribution is 2.37. The number of carbonyl (C=O) groups excluding carboxylic acids is 1. The lowest BCUT2D eigenvalue weighted by Gasteiger charge is -2.25. The molecule has 0 unspecified atom stereocenters. The molecule has 1 aliphatic heterocycles. The van der Waals surface area contributed by atoms with E-state index in [0.717, 1.165) is 47.0 Å². The van der Waals surface area contributed by atoms with E-state index < -0.39 is 15.9 Å². The van der Waals surface area contributed by atoms with Gasteiger partial charge in [0.05, 0.1) is 12.8 Å². The van der Waals surface area contributed by atoms with E-state index in [2.05, 4.69) is 5.32 Å². The first-order valence-corrected chi connectivity index (χ1v) is 12.7. The summed E-state index contributed by atoms with van der Waals surface area (Å²) in [6, 6.07) is 12.7. The summed E-state index contributed by atoms with van der Waals surface area (Å²) in [6.45, 7) is 0.964. The molecule has 1 N–H and O–H groups in total. The van der Waals surface area contributed by atoms with E-state index in [1.807, 2.05) is 30.3 Å². The van der Waals surface area contributed by atoms with E-state index >= 15 is 0 Å². The molecule has 3 heterocycles. The number of sulfonamides is 1. The number of amides is 1. The van der Waals surface area contributed by atoms with Gasteiger partial charge in [-0.1, -0.05) is 24.6 Å². The Morgan fingerprint density at radius 1 is 1.06 bits per heavy atom. The molecular weight excluding hydrogens is 448 g/mol. The Morgan fingerprint density at radius 2 is 1.84 bits per heavy atom. The van der Waals surface area contributed by atoms with Crippen LogP contribution in [0, 0.1) is 0 Å². The summed E-state index contributed by atoms with van der Waals surface area (Å²) in [6.07, 6.45) is 2.69. The van der Waals surface area contributed by atoms with Gasteiger partial charge in [-0.05, 0) is 36.4 Å². The smallest absolute Gasteiger partial charge is 0.267 e. The Kier molecular flexibility index (Phi) is 5.40. The summed E-state index contributed by atoms with van der Waals surface area (Å²) in [7, 11) is -2.20. The van der Waals surface area contributed by atoms with Crippen LogP contribution in [0.1, 0.15) is 28.9 Å². The summed E-state index contributed by atoms with van der Waals surface area (Å²) in [5.41, 5.74) is 1.76. The number of furan rings is 1. The molecule has 2 aromatic carbocycles. The second-order valence-electron chi connectivity index (χ2n) is 7.68. The van der Waals surface area contributed by atoms with Gasteiger partial charge in [0.25, 0.3) is 5.91 Å². The number of hydrogen-bond donors (Lipinski definition) is 1. The molecule has 1 fully saturated rings. The first-order chi connectivity index (χ1) is 15.5. The third-order valence-corrected chi connectivity index (χ3v) is 8.70. The van der Waals surface area contributed by atoms with Crippen LogP contribution in [0.3, 0.4) is 0 Å². The SMILES string of the molecule is COc1cc2c(cc1NC(=O)c1sccc1S(=O)(=O)N1CCCCC1)oc1ccccc12. The molecule has 0 radical (unpaired) electrons. The van der Waals surface area contributed by atoms with Gasteiger partial charge in [-0.25, -0.2) is 8.42 Å². The van der Waals surface area contributed by atoms with Crippen molar-refractivity contribution in [2.24, 2.45) is 0 Å². The number of fused-ring (bicyclic) bond motifs is 3. The number of para-hydroxylation sites is 1. The average Bonchev–Trinajstić information content (AvgIpc) is 3.44. The Morgan fingerprint density at radius 3 is 2.62 bits per heavy atom. The lowest BCUT2D eigenvalue weighted by atomic mass is 10.1. The first kappa shape index (κ1) is 21.0. The topological polar surface area (TPSA) is 88.8 Å². The Balaban J connectivity index is 1.49. The predicted octanol–water partition coefficient (Wildman–Crippen LogP) is 5.08. The van der Waals surface area contributed by atoms with E-state index in [1.165, 1.54) is 17.5 Å². The lowest BCUT2D eigenvalue weighted by molar-refractivity contribution is 0.102. The summed E-state index contributed by atoms with van der Waals surface area (Å²) in [5.74, 6) is -0.0289. The van der Waals surface area contributed by atoms with Crippen molar-refractivity contribution in [3.05, 3.63) is 52.7 Å². The van der Waals surface area contributed by atoms with E-state index in [9.17, 15) is 13.2 Å². The minimum atomic E-state index is -3.72. The van der Waals surface area contributed by atoms with Crippen LogP contribution in [-0.2, 0) is 10.0 Å². The van der Waals surface area contributed by atoms with Crippen molar-refractivity contribution in [3.8, 4) is 5.75 Å². The van der Waals surface area contributed by atoms with Gasteiger partial charge in [-0.2, -0.15) is 4.31 Å². The zero-order valence-electron chi connectivity index (χ0n) is 17.5. The molecule has 0 saturated carbocycles. The molecule has 0 aliphatic carbocycles. The maximum absolute atomic E-state index is 13.1. The Hall–Kier alpha value is -2.88. The fourth-order valence-electron chi connectivity index (χ4n) is 4.11. The van der Waals surface area contributed by atoms with Crippen molar-refractivity contribution in [2.45, 2.75) is 24.2 Å². The lowest BCUT2D eigenvalue weighted by Crippen LogP contribution is -2.36. The number of carbonyl (C=O) groups is 1. The Labute approximate surface area is 189 Å². The zero-order valence-corrected chi connectivity index (χ0v) is 19.1. The highest BCUT2D eigenvalue weighted by Gasteiger charge is 2.31. The van der Waals surface area contributed by atoms with Crippen LogP contribution in [0.4, 0.5) is 5.69 Å². The molecule has 1 aliphatic rings. The number of nitrogens with one attached hydrogen (secondary N) is 1. The maximum atomic E-state index is 13.1. The zero-order chi connectivity index (χ0) is 22.3. The fraction of sp³-hybridized carbons (Fsp3) is 0.261. The average molecular weight is 471 g/mol. The molecule has 1 saturated heterocycles. The molecule has 0 atom stereocenters. The maximum Gasteiger partial charge on any atom is 0.267 e. The number of benzene rings is 2. The molecule has 0 bridgehead atoms. The normalized spacial score (nSPS) is 15.3. The van der Waals surface area contributed by atoms with E-state index in [1.54, 1.807) is 11.4 Å². The molecule has 5 rings (SSSR count). The van der Waals surface area contributed by atoms with Crippen molar-refractivity contribution in [3.63, 3.8) is 0 Å². The predicted molar refractivity (Wildman–Crippen MR) is 125 cm³/mol. The highest BCUT2D eigenvalue weighted by atomic mass is 32.2. The fourth-order valence-corrected chi connectivity index (χ4v) is 6.92. The van der Waals surface area contributed by atoms with E-state index in [0.29, 0.717) is 30.1 Å². The largest absolute Gasteiger partial charge is 0.495 e. The molecule has 4 aromatic rings. The number of piperidine rings is 1. The summed E-state index contributed by atoms with van der Waals surface area (Å²) in [5, 5.41) is 6.28. The van der Waals surface area contributed by atoms with Crippen LogP contribution in [0.5, 0.6) is 5.75 Å². The van der Waals surface area contributed by atoms with Gasteiger partial charge in [0, 0.05) is 29.9 Å². The van der Waals surface area contributed by atoms with Crippen LogP contribution >= 0.6 is 11.3 Å². The van der Waals surface area contributed by atoms with Gasteiger partial charge < -0.3 is 14.5 Å². The summed E-state index contributed by atoms with van der Waals surface area (Å²) < 4.78 is 39.2. The van der Waals surface area contributed by atoms with E-state index in [4.69, 9.17) is 9.15 Å². The quantitative estimate of drug-likeness (QED) is 0.439. The monoisotopic (exact) mass is 470 g/mol. The number of rotatable bonds is 5. The molecule has 32 heavy (non-hydrogen) atoms. The van der Waals surface area contributed by atoms with Crippen molar-refractivity contribution < 1.29 is 22.4 Å². The van der Waals surface area contributed by atoms with Gasteiger partial charge >= 0.3 is 0 Å². The van der Waals surface area contributed by atoms with Crippen molar-refractivity contribution >= 4 is 54.9 Å². The number of hydrogen-bond acceptors (Lipinski definition) is 6. The van der Waals surface area contributed by atoms with Gasteiger partial charge in [0.2, 0.25) is 10.0 Å². The number of anilines is 1. The van der Waals surface area contributed by atoms with E-state index in [-0.39, 0.29) is 9.77 Å². The van der Waals surface area contributed by atoms with Crippen LogP contribution in [0.25, 0.3) is 21.9 Å². The second kappa shape index (κ2) is 8.23. The number of nitrogens with zero attached hydrogens (tertiary/aromatic N) is 1. The molecule has 1 amide bonds. The Bertz CT molecular complexity index is 1410. The minimum absolute atomic E-state index is 0.0469. The van der Waals surface area contributed by atoms with Gasteiger partial charge in [0.1, 0.15) is 26.7 Å². The molecular formula is C23H22N2O5S2. The summed E-state index contributed by atoms with van der Waals surface area (Å²) in [4.78, 5) is 13.3. The van der Waals surface area contributed by atoms with Crippen LogP contribution < -0.4 is 10.1 Å². The third kappa shape index (κ3) is 3.56. The first-order valence-electron chi connectivity index (χ1n) is 10.4. The third-order valence-electron chi connectivity index (χ3n) is 5.72. The second-order valence-corrected chi connectivity index (χ2v) is 10.5. The summed E-state index contributed by atoms with van der Waals surface area (Å²) >= 11 is 1.11. The highest BCUT2D eigenvalue weighted by molar-refractivity contribution is 7.89. The van der Waals surface area contributed by atoms with Gasteiger partial charge in [0.15, 0.2) is 0 Å². The van der Waals surface area contributed by atoms with Crippen molar-refractivity contribution in [2.75, 3.05) is 25.5 Å². The van der Waals surface area contributed by atoms with Gasteiger partial charge in [-0.15, -0.1) is 11.3 Å². The van der Waals surface area contributed by atoms with Crippen LogP contribution in [-0.4, -0.2) is 38.8 Å². The van der Waals surface area contributed by atoms with Gasteiger partial charge in [-0.3, -0.25) is 4.79 Å². The molecule has 7 nitrogen and oxygen atoms in total. The number of thiophene rings is 1.